The molecule has 0 aliphatic carbocycles. The van der Waals surface area contributed by atoms with E-state index in [0.29, 0.717) is 22.8 Å². The van der Waals surface area contributed by atoms with Gasteiger partial charge in [0.05, 0.1) is 25.3 Å². The molecule has 0 amide bonds. The molecule has 3 aromatic heterocycles. The van der Waals surface area contributed by atoms with Gasteiger partial charge in [0.1, 0.15) is 16.3 Å². The molecule has 4 aromatic rings. The number of benzene rings is 1. The van der Waals surface area contributed by atoms with E-state index in [9.17, 15) is 4.79 Å². The maximum absolute atomic E-state index is 13.3. The van der Waals surface area contributed by atoms with Gasteiger partial charge in [-0.05, 0) is 49.2 Å². The average molecular weight is 413 g/mol. The third-order valence-corrected chi connectivity index (χ3v) is 6.82. The van der Waals surface area contributed by atoms with E-state index in [1.807, 2.05) is 50.2 Å². The number of furan rings is 1. The number of thiophene rings is 1. The van der Waals surface area contributed by atoms with E-state index < -0.39 is 0 Å². The van der Waals surface area contributed by atoms with Gasteiger partial charge in [-0.25, -0.2) is 4.98 Å². The number of hydrogen-bond acceptors (Lipinski definition) is 6. The Balaban J connectivity index is 1.73. The normalized spacial score (nSPS) is 11.2. The molecule has 0 bridgehead atoms. The summed E-state index contributed by atoms with van der Waals surface area (Å²) in [5, 5.41) is 1.41. The summed E-state index contributed by atoms with van der Waals surface area (Å²) in [5.41, 5.74) is 2.14. The van der Waals surface area contributed by atoms with Crippen LogP contribution in [-0.4, -0.2) is 16.7 Å². The smallest absolute Gasteiger partial charge is 0.263 e. The van der Waals surface area contributed by atoms with E-state index in [1.54, 1.807) is 41.0 Å². The molecule has 0 aliphatic rings. The Labute approximate surface area is 171 Å². The molecule has 0 atom stereocenters. The highest BCUT2D eigenvalue weighted by Gasteiger charge is 2.17. The summed E-state index contributed by atoms with van der Waals surface area (Å²) in [5.74, 6) is 2.27. The van der Waals surface area contributed by atoms with Crippen molar-refractivity contribution in [1.29, 1.82) is 0 Å². The molecule has 0 aliphatic heterocycles. The van der Waals surface area contributed by atoms with Crippen LogP contribution in [0, 0.1) is 13.8 Å². The van der Waals surface area contributed by atoms with E-state index in [2.05, 4.69) is 0 Å². The number of hydrogen-bond donors (Lipinski definition) is 0. The van der Waals surface area contributed by atoms with Crippen LogP contribution in [0.3, 0.4) is 0 Å². The van der Waals surface area contributed by atoms with Crippen LogP contribution >= 0.6 is 23.1 Å². The molecule has 0 saturated heterocycles. The lowest BCUT2D eigenvalue weighted by atomic mass is 10.2. The van der Waals surface area contributed by atoms with Gasteiger partial charge >= 0.3 is 0 Å². The fourth-order valence-corrected chi connectivity index (χ4v) is 5.01. The third kappa shape index (κ3) is 3.59. The van der Waals surface area contributed by atoms with Crippen LogP contribution in [0.1, 0.15) is 21.8 Å². The van der Waals surface area contributed by atoms with E-state index in [-0.39, 0.29) is 5.56 Å². The Kier molecular flexibility index (Phi) is 5.28. The first-order valence-electron chi connectivity index (χ1n) is 8.85. The number of nitrogens with zero attached hydrogens (tertiary/aromatic N) is 2. The van der Waals surface area contributed by atoms with Gasteiger partial charge in [0, 0.05) is 10.6 Å². The molecule has 0 fully saturated rings. The minimum atomic E-state index is -0.0134. The minimum absolute atomic E-state index is 0.0134. The standard InChI is InChI=1S/C21H20N2O3S2/c1-13-14(2)28-19-18(13)20(24)23(11-17-5-4-10-26-17)21(22-19)27-12-15-6-8-16(25-3)9-7-15/h4-10H,11-12H2,1-3H3. The second-order valence-corrected chi connectivity index (χ2v) is 8.61. The Bertz CT molecular complexity index is 1160. The van der Waals surface area contributed by atoms with E-state index in [1.165, 1.54) is 0 Å². The summed E-state index contributed by atoms with van der Waals surface area (Å²) < 4.78 is 12.4. The summed E-state index contributed by atoms with van der Waals surface area (Å²) >= 11 is 3.13. The maximum Gasteiger partial charge on any atom is 0.263 e. The van der Waals surface area contributed by atoms with Crippen molar-refractivity contribution in [3.63, 3.8) is 0 Å². The van der Waals surface area contributed by atoms with Gasteiger partial charge in [-0.2, -0.15) is 0 Å². The number of aromatic nitrogens is 2. The second-order valence-electron chi connectivity index (χ2n) is 6.47. The van der Waals surface area contributed by atoms with Crippen LogP contribution in [0.15, 0.2) is 57.0 Å². The van der Waals surface area contributed by atoms with Crippen LogP contribution < -0.4 is 10.3 Å². The topological polar surface area (TPSA) is 57.3 Å². The highest BCUT2D eigenvalue weighted by atomic mass is 32.2. The van der Waals surface area contributed by atoms with Gasteiger partial charge in [-0.15, -0.1) is 11.3 Å². The minimum Gasteiger partial charge on any atom is -0.497 e. The van der Waals surface area contributed by atoms with E-state index >= 15 is 0 Å². The largest absolute Gasteiger partial charge is 0.497 e. The first kappa shape index (κ1) is 18.8. The van der Waals surface area contributed by atoms with Gasteiger partial charge < -0.3 is 9.15 Å². The molecular weight excluding hydrogens is 392 g/mol. The lowest BCUT2D eigenvalue weighted by Crippen LogP contribution is -2.23. The van der Waals surface area contributed by atoms with Crippen molar-refractivity contribution in [3.8, 4) is 5.75 Å². The Morgan fingerprint density at radius 1 is 1.21 bits per heavy atom. The Morgan fingerprint density at radius 3 is 2.68 bits per heavy atom. The highest BCUT2D eigenvalue weighted by Crippen LogP contribution is 2.30. The molecule has 0 spiro atoms. The lowest BCUT2D eigenvalue weighted by molar-refractivity contribution is 0.414. The summed E-state index contributed by atoms with van der Waals surface area (Å²) in [7, 11) is 1.65. The van der Waals surface area contributed by atoms with Gasteiger partial charge in [-0.1, -0.05) is 23.9 Å². The molecule has 28 heavy (non-hydrogen) atoms. The van der Waals surface area contributed by atoms with Crippen molar-refractivity contribution in [3.05, 3.63) is 74.8 Å². The second kappa shape index (κ2) is 7.85. The zero-order chi connectivity index (χ0) is 19.7. The summed E-state index contributed by atoms with van der Waals surface area (Å²) in [6.45, 7) is 4.38. The number of rotatable bonds is 6. The van der Waals surface area contributed by atoms with Crippen LogP contribution in [0.5, 0.6) is 5.75 Å². The van der Waals surface area contributed by atoms with Crippen LogP contribution in [-0.2, 0) is 12.3 Å². The first-order chi connectivity index (χ1) is 13.6. The van der Waals surface area contributed by atoms with Crippen LogP contribution in [0.25, 0.3) is 10.2 Å². The number of thioether (sulfide) groups is 1. The molecule has 7 heteroatoms. The number of aryl methyl sites for hydroxylation is 2. The predicted octanol–water partition coefficient (Wildman–Crippen LogP) is 5.02. The van der Waals surface area contributed by atoms with Crippen molar-refractivity contribution < 1.29 is 9.15 Å². The quantitative estimate of drug-likeness (QED) is 0.329. The van der Waals surface area contributed by atoms with Gasteiger partial charge in [0.25, 0.3) is 5.56 Å². The number of fused-ring (bicyclic) bond motifs is 1. The van der Waals surface area contributed by atoms with Gasteiger partial charge in [-0.3, -0.25) is 9.36 Å². The zero-order valence-electron chi connectivity index (χ0n) is 15.9. The molecule has 0 N–H and O–H groups in total. The maximum atomic E-state index is 13.3. The molecule has 0 radical (unpaired) electrons. The molecule has 1 aromatic carbocycles. The molecule has 144 valence electrons. The Hall–Kier alpha value is -2.51. The molecule has 0 saturated carbocycles. The fraction of sp³-hybridized carbons (Fsp3) is 0.238. The highest BCUT2D eigenvalue weighted by molar-refractivity contribution is 7.98. The van der Waals surface area contributed by atoms with Gasteiger partial charge in [0.15, 0.2) is 5.16 Å². The van der Waals surface area contributed by atoms with Crippen molar-refractivity contribution >= 4 is 33.3 Å². The first-order valence-corrected chi connectivity index (χ1v) is 10.7. The SMILES string of the molecule is COc1ccc(CSc2nc3sc(C)c(C)c3c(=O)n2Cc2ccco2)cc1. The summed E-state index contributed by atoms with van der Waals surface area (Å²) in [6.07, 6.45) is 1.62. The zero-order valence-corrected chi connectivity index (χ0v) is 17.5. The van der Waals surface area contributed by atoms with Gasteiger partial charge in [0.2, 0.25) is 0 Å². The molecule has 5 nitrogen and oxygen atoms in total. The van der Waals surface area contributed by atoms with Crippen LogP contribution in [0.4, 0.5) is 0 Å². The molecular formula is C21H20N2O3S2. The summed E-state index contributed by atoms with van der Waals surface area (Å²) in [6, 6.07) is 11.6. The third-order valence-electron chi connectivity index (χ3n) is 4.67. The molecule has 0 unspecified atom stereocenters. The van der Waals surface area contributed by atoms with Crippen molar-refractivity contribution in [2.75, 3.05) is 7.11 Å². The lowest BCUT2D eigenvalue weighted by Gasteiger charge is -2.11. The monoisotopic (exact) mass is 412 g/mol. The van der Waals surface area contributed by atoms with E-state index in [4.69, 9.17) is 14.1 Å². The Morgan fingerprint density at radius 2 is 2.00 bits per heavy atom. The van der Waals surface area contributed by atoms with Crippen molar-refractivity contribution in [1.82, 2.24) is 9.55 Å². The summed E-state index contributed by atoms with van der Waals surface area (Å²) in [4.78, 5) is 20.0. The van der Waals surface area contributed by atoms with Crippen LogP contribution in [0.2, 0.25) is 0 Å². The number of methoxy groups -OCH3 is 1. The number of ether oxygens (including phenoxy) is 1. The van der Waals surface area contributed by atoms with Crippen molar-refractivity contribution in [2.24, 2.45) is 0 Å². The molecule has 4 rings (SSSR count). The predicted molar refractivity (Wildman–Crippen MR) is 114 cm³/mol. The molecule has 3 heterocycles. The average Bonchev–Trinajstić information content (AvgIpc) is 3.31. The fourth-order valence-electron chi connectivity index (χ4n) is 2.99. The van der Waals surface area contributed by atoms with Crippen molar-refractivity contribution in [2.45, 2.75) is 31.3 Å². The van der Waals surface area contributed by atoms with E-state index in [0.717, 1.165) is 32.3 Å².